The molecule has 1 aromatic rings. The number of anilines is 1. The topological polar surface area (TPSA) is 62.1 Å². The van der Waals surface area contributed by atoms with Gasteiger partial charge in [-0.25, -0.2) is 0 Å². The van der Waals surface area contributed by atoms with Crippen molar-refractivity contribution in [2.24, 2.45) is 0 Å². The fourth-order valence-electron chi connectivity index (χ4n) is 1.64. The van der Waals surface area contributed by atoms with Gasteiger partial charge >= 0.3 is 5.97 Å². The van der Waals surface area contributed by atoms with Crippen LogP contribution in [0.25, 0.3) is 0 Å². The molecule has 5 heteroatoms. The van der Waals surface area contributed by atoms with Gasteiger partial charge in [-0.3, -0.25) is 4.79 Å². The summed E-state index contributed by atoms with van der Waals surface area (Å²) in [5.74, 6) is -0.201. The van der Waals surface area contributed by atoms with Gasteiger partial charge in [0.25, 0.3) is 0 Å². The van der Waals surface area contributed by atoms with Crippen LogP contribution < -0.4 is 5.32 Å². The summed E-state index contributed by atoms with van der Waals surface area (Å²) < 4.78 is 4.87. The average molecular weight is 281 g/mol. The van der Waals surface area contributed by atoms with Crippen molar-refractivity contribution < 1.29 is 9.53 Å². The van der Waals surface area contributed by atoms with Crippen molar-refractivity contribution in [3.05, 3.63) is 28.8 Å². The van der Waals surface area contributed by atoms with E-state index in [1.807, 2.05) is 6.92 Å². The highest BCUT2D eigenvalue weighted by atomic mass is 35.5. The van der Waals surface area contributed by atoms with Crippen molar-refractivity contribution in [1.82, 2.24) is 0 Å². The van der Waals surface area contributed by atoms with Crippen LogP contribution in [0.15, 0.2) is 18.2 Å². The first-order valence-electron chi connectivity index (χ1n) is 6.18. The molecule has 0 aliphatic rings. The Bertz CT molecular complexity index is 483. The normalized spacial score (nSPS) is 11.5. The molecular formula is C14H17ClN2O2. The average Bonchev–Trinajstić information content (AvgIpc) is 2.39. The molecule has 4 nitrogen and oxygen atoms in total. The van der Waals surface area contributed by atoms with Gasteiger partial charge in [0.2, 0.25) is 0 Å². The number of carbonyl (C=O) groups is 1. The SMILES string of the molecule is CCOC(=O)CCC(C)Nc1ccc(Cl)cc1C#N. The van der Waals surface area contributed by atoms with Gasteiger partial charge in [-0.05, 0) is 38.5 Å². The maximum atomic E-state index is 11.2. The van der Waals surface area contributed by atoms with Crippen molar-refractivity contribution >= 4 is 23.3 Å². The molecule has 1 N–H and O–H groups in total. The minimum absolute atomic E-state index is 0.0673. The van der Waals surface area contributed by atoms with Gasteiger partial charge in [-0.2, -0.15) is 5.26 Å². The first kappa shape index (κ1) is 15.3. The van der Waals surface area contributed by atoms with Crippen molar-refractivity contribution in [3.63, 3.8) is 0 Å². The number of nitrogens with zero attached hydrogens (tertiary/aromatic N) is 1. The number of nitrogens with one attached hydrogen (secondary N) is 1. The Morgan fingerprint density at radius 1 is 1.58 bits per heavy atom. The Kier molecular flexibility index (Phi) is 6.17. The fourth-order valence-corrected chi connectivity index (χ4v) is 1.81. The Balaban J connectivity index is 2.55. The van der Waals surface area contributed by atoms with E-state index in [0.717, 1.165) is 5.69 Å². The van der Waals surface area contributed by atoms with Gasteiger partial charge in [0.1, 0.15) is 6.07 Å². The summed E-state index contributed by atoms with van der Waals surface area (Å²) in [6.45, 7) is 4.14. The number of hydrogen-bond donors (Lipinski definition) is 1. The highest BCUT2D eigenvalue weighted by molar-refractivity contribution is 6.30. The number of benzene rings is 1. The largest absolute Gasteiger partial charge is 0.466 e. The van der Waals surface area contributed by atoms with E-state index in [2.05, 4.69) is 11.4 Å². The summed E-state index contributed by atoms with van der Waals surface area (Å²) in [6.07, 6.45) is 1.00. The first-order valence-corrected chi connectivity index (χ1v) is 6.56. The number of esters is 1. The molecule has 0 aromatic heterocycles. The molecule has 1 unspecified atom stereocenters. The van der Waals surface area contributed by atoms with E-state index < -0.39 is 0 Å². The van der Waals surface area contributed by atoms with Crippen LogP contribution in [0.4, 0.5) is 5.69 Å². The summed E-state index contributed by atoms with van der Waals surface area (Å²) in [5.41, 5.74) is 1.22. The molecule has 0 amide bonds. The highest BCUT2D eigenvalue weighted by Gasteiger charge is 2.09. The van der Waals surface area contributed by atoms with E-state index >= 15 is 0 Å². The zero-order valence-corrected chi connectivity index (χ0v) is 11.8. The van der Waals surface area contributed by atoms with Crippen molar-refractivity contribution in [2.75, 3.05) is 11.9 Å². The number of carbonyl (C=O) groups excluding carboxylic acids is 1. The fraction of sp³-hybridized carbons (Fsp3) is 0.429. The van der Waals surface area contributed by atoms with E-state index in [1.54, 1.807) is 25.1 Å². The third kappa shape index (κ3) is 5.19. The highest BCUT2D eigenvalue weighted by Crippen LogP contribution is 2.21. The third-order valence-corrected chi connectivity index (χ3v) is 2.83. The monoisotopic (exact) mass is 280 g/mol. The van der Waals surface area contributed by atoms with Crippen LogP contribution in [-0.2, 0) is 9.53 Å². The lowest BCUT2D eigenvalue weighted by atomic mass is 10.1. The van der Waals surface area contributed by atoms with Gasteiger partial charge in [0.15, 0.2) is 0 Å². The summed E-state index contributed by atoms with van der Waals surface area (Å²) in [7, 11) is 0. The number of ether oxygens (including phenoxy) is 1. The predicted molar refractivity (Wildman–Crippen MR) is 75.1 cm³/mol. The lowest BCUT2D eigenvalue weighted by Gasteiger charge is -2.16. The van der Waals surface area contributed by atoms with E-state index in [-0.39, 0.29) is 12.0 Å². The quantitative estimate of drug-likeness (QED) is 0.812. The van der Waals surface area contributed by atoms with Crippen LogP contribution >= 0.6 is 11.6 Å². The van der Waals surface area contributed by atoms with Gasteiger partial charge in [-0.15, -0.1) is 0 Å². The summed E-state index contributed by atoms with van der Waals surface area (Å²) in [5, 5.41) is 12.7. The molecule has 19 heavy (non-hydrogen) atoms. The molecule has 102 valence electrons. The maximum absolute atomic E-state index is 11.2. The number of nitriles is 1. The second kappa shape index (κ2) is 7.65. The summed E-state index contributed by atoms with van der Waals surface area (Å²) in [6, 6.07) is 7.26. The van der Waals surface area contributed by atoms with Crippen LogP contribution in [-0.4, -0.2) is 18.6 Å². The molecule has 0 aliphatic heterocycles. The van der Waals surface area contributed by atoms with Crippen LogP contribution in [0.2, 0.25) is 5.02 Å². The number of hydrogen-bond acceptors (Lipinski definition) is 4. The van der Waals surface area contributed by atoms with E-state index in [0.29, 0.717) is 30.0 Å². The Morgan fingerprint density at radius 2 is 2.32 bits per heavy atom. The van der Waals surface area contributed by atoms with Gasteiger partial charge < -0.3 is 10.1 Å². The molecule has 1 rings (SSSR count). The minimum atomic E-state index is -0.201. The van der Waals surface area contributed by atoms with Gasteiger partial charge in [0.05, 0.1) is 17.9 Å². The van der Waals surface area contributed by atoms with E-state index in [1.165, 1.54) is 0 Å². The molecule has 0 fully saturated rings. The van der Waals surface area contributed by atoms with Crippen LogP contribution in [0.5, 0.6) is 0 Å². The minimum Gasteiger partial charge on any atom is -0.466 e. The number of rotatable bonds is 6. The maximum Gasteiger partial charge on any atom is 0.305 e. The van der Waals surface area contributed by atoms with E-state index in [9.17, 15) is 4.79 Å². The molecule has 0 saturated heterocycles. The lowest BCUT2D eigenvalue weighted by Crippen LogP contribution is -2.18. The first-order chi connectivity index (χ1) is 9.06. The predicted octanol–water partition coefficient (Wildman–Crippen LogP) is 3.36. The summed E-state index contributed by atoms with van der Waals surface area (Å²) in [4.78, 5) is 11.2. The molecular weight excluding hydrogens is 264 g/mol. The number of halogens is 1. The standard InChI is InChI=1S/C14H17ClN2O2/c1-3-19-14(18)7-4-10(2)17-13-6-5-12(15)8-11(13)9-16/h5-6,8,10,17H,3-4,7H2,1-2H3. The molecule has 0 saturated carbocycles. The van der Waals surface area contributed by atoms with Crippen molar-refractivity contribution in [2.45, 2.75) is 32.7 Å². The molecule has 0 bridgehead atoms. The van der Waals surface area contributed by atoms with Crippen molar-refractivity contribution in [3.8, 4) is 6.07 Å². The second-order valence-electron chi connectivity index (χ2n) is 4.19. The molecule has 0 spiro atoms. The molecule has 1 atom stereocenters. The van der Waals surface area contributed by atoms with Gasteiger partial charge in [0, 0.05) is 17.5 Å². The van der Waals surface area contributed by atoms with Crippen molar-refractivity contribution in [1.29, 1.82) is 5.26 Å². The molecule has 1 aromatic carbocycles. The Labute approximate surface area is 118 Å². The Morgan fingerprint density at radius 3 is 2.95 bits per heavy atom. The lowest BCUT2D eigenvalue weighted by molar-refractivity contribution is -0.143. The zero-order chi connectivity index (χ0) is 14.3. The smallest absolute Gasteiger partial charge is 0.305 e. The molecule has 0 aliphatic carbocycles. The Hall–Kier alpha value is -1.73. The second-order valence-corrected chi connectivity index (χ2v) is 4.63. The van der Waals surface area contributed by atoms with Crippen LogP contribution in [0.3, 0.4) is 0 Å². The molecule has 0 radical (unpaired) electrons. The molecule has 0 heterocycles. The van der Waals surface area contributed by atoms with Gasteiger partial charge in [-0.1, -0.05) is 11.6 Å². The van der Waals surface area contributed by atoms with Crippen LogP contribution in [0, 0.1) is 11.3 Å². The van der Waals surface area contributed by atoms with Crippen LogP contribution in [0.1, 0.15) is 32.3 Å². The zero-order valence-electron chi connectivity index (χ0n) is 11.1. The summed E-state index contributed by atoms with van der Waals surface area (Å²) >= 11 is 5.83. The third-order valence-electron chi connectivity index (χ3n) is 2.59. The van der Waals surface area contributed by atoms with E-state index in [4.69, 9.17) is 21.6 Å².